The second kappa shape index (κ2) is 14.5. The zero-order valence-electron chi connectivity index (χ0n) is 25.8. The van der Waals surface area contributed by atoms with E-state index in [1.54, 1.807) is 40.6 Å². The summed E-state index contributed by atoms with van der Waals surface area (Å²) in [4.78, 5) is 12.2. The molecule has 1 saturated heterocycles. The number of carbonyl (C=O) groups excluding carboxylic acids is 1. The Bertz CT molecular complexity index is 1710. The van der Waals surface area contributed by atoms with Crippen LogP contribution in [0.2, 0.25) is 5.02 Å². The van der Waals surface area contributed by atoms with Crippen molar-refractivity contribution in [1.82, 2.24) is 0 Å². The van der Waals surface area contributed by atoms with Crippen molar-refractivity contribution >= 4 is 29.7 Å². The Morgan fingerprint density at radius 1 is 0.689 bits per heavy atom. The lowest BCUT2D eigenvalue weighted by atomic mass is 9.95. The van der Waals surface area contributed by atoms with Crippen molar-refractivity contribution in [3.05, 3.63) is 94.0 Å². The molecular formula is C36H35ClO8. The third-order valence-corrected chi connectivity index (χ3v) is 7.82. The summed E-state index contributed by atoms with van der Waals surface area (Å²) < 4.78 is 39.3. The molecule has 1 aliphatic heterocycles. The number of benzene rings is 4. The maximum Gasteiger partial charge on any atom is 0.337 e. The van der Waals surface area contributed by atoms with Gasteiger partial charge in [-0.15, -0.1) is 0 Å². The van der Waals surface area contributed by atoms with Crippen LogP contribution in [-0.2, 0) is 14.2 Å². The lowest BCUT2D eigenvalue weighted by Crippen LogP contribution is -2.17. The average Bonchev–Trinajstić information content (AvgIpc) is 3.10. The van der Waals surface area contributed by atoms with Crippen LogP contribution in [-0.4, -0.2) is 54.7 Å². The van der Waals surface area contributed by atoms with Crippen LogP contribution in [0.4, 0.5) is 0 Å². The van der Waals surface area contributed by atoms with Crippen LogP contribution >= 0.6 is 11.6 Å². The first-order valence-corrected chi connectivity index (χ1v) is 14.7. The summed E-state index contributed by atoms with van der Waals surface area (Å²) in [6, 6.07) is 20.7. The van der Waals surface area contributed by atoms with Gasteiger partial charge >= 0.3 is 5.97 Å². The molecule has 0 unspecified atom stereocenters. The van der Waals surface area contributed by atoms with Gasteiger partial charge in [0.15, 0.2) is 6.29 Å². The highest BCUT2D eigenvalue weighted by Gasteiger charge is 2.21. The zero-order valence-corrected chi connectivity index (χ0v) is 26.6. The molecule has 0 atom stereocenters. The van der Waals surface area contributed by atoms with Crippen molar-refractivity contribution in [2.24, 2.45) is 0 Å². The molecule has 0 spiro atoms. The van der Waals surface area contributed by atoms with Crippen molar-refractivity contribution in [2.75, 3.05) is 48.8 Å². The van der Waals surface area contributed by atoms with E-state index in [4.69, 9.17) is 44.8 Å². The van der Waals surface area contributed by atoms with Gasteiger partial charge in [-0.25, -0.2) is 4.79 Å². The van der Waals surface area contributed by atoms with E-state index in [1.165, 1.54) is 7.11 Å². The number of halogens is 1. The smallest absolute Gasteiger partial charge is 0.337 e. The second-order valence-electron chi connectivity index (χ2n) is 10.2. The fraction of sp³-hybridized carbons (Fsp3) is 0.250. The van der Waals surface area contributed by atoms with E-state index >= 15 is 0 Å². The molecular weight excluding hydrogens is 596 g/mol. The van der Waals surface area contributed by atoms with Crippen LogP contribution in [0.15, 0.2) is 66.7 Å². The van der Waals surface area contributed by atoms with E-state index in [9.17, 15) is 4.79 Å². The minimum Gasteiger partial charge on any atom is -0.496 e. The maximum absolute atomic E-state index is 12.2. The lowest BCUT2D eigenvalue weighted by Gasteiger charge is -2.24. The van der Waals surface area contributed by atoms with Crippen LogP contribution < -0.4 is 18.9 Å². The molecule has 9 heteroatoms. The molecule has 4 aromatic rings. The summed E-state index contributed by atoms with van der Waals surface area (Å²) in [6.07, 6.45) is 4.40. The Morgan fingerprint density at radius 3 is 2.02 bits per heavy atom. The Labute approximate surface area is 268 Å². The van der Waals surface area contributed by atoms with Gasteiger partial charge in [0.2, 0.25) is 0 Å². The Hall–Kier alpha value is -4.50. The Balaban J connectivity index is 1.58. The van der Waals surface area contributed by atoms with Crippen molar-refractivity contribution in [3.8, 4) is 45.3 Å². The standard InChI is InChI=1S/C36H35ClO8/c1-39-31-13-8-22(17-28(31)29-18-25(11-14-32(29)40-2)36-44-15-6-16-45-36)7-9-23-19-34(42-4)30(37)21-27(23)26-12-10-24(35(38)43-5)20-33(26)41-3/h7-14,17-21,36H,6,15-16H2,1-5H3/b9-7+. The molecule has 0 aromatic heterocycles. The Morgan fingerprint density at radius 2 is 1.36 bits per heavy atom. The summed E-state index contributed by atoms with van der Waals surface area (Å²) in [5.41, 5.74) is 6.26. The summed E-state index contributed by atoms with van der Waals surface area (Å²) in [5, 5.41) is 0.438. The molecule has 8 nitrogen and oxygen atoms in total. The largest absolute Gasteiger partial charge is 0.496 e. The van der Waals surface area contributed by atoms with Crippen molar-refractivity contribution in [1.29, 1.82) is 0 Å². The highest BCUT2D eigenvalue weighted by Crippen LogP contribution is 2.41. The number of rotatable bonds is 10. The average molecular weight is 631 g/mol. The van der Waals surface area contributed by atoms with Crippen LogP contribution in [0.1, 0.15) is 39.8 Å². The number of esters is 1. The van der Waals surface area contributed by atoms with E-state index < -0.39 is 12.3 Å². The number of methoxy groups -OCH3 is 5. The van der Waals surface area contributed by atoms with Crippen LogP contribution in [0.5, 0.6) is 23.0 Å². The molecule has 0 bridgehead atoms. The summed E-state index contributed by atoms with van der Waals surface area (Å²) in [6.45, 7) is 1.29. The van der Waals surface area contributed by atoms with E-state index in [2.05, 4.69) is 0 Å². The minimum atomic E-state index is -0.455. The fourth-order valence-electron chi connectivity index (χ4n) is 5.24. The summed E-state index contributed by atoms with van der Waals surface area (Å²) >= 11 is 6.58. The van der Waals surface area contributed by atoms with Gasteiger partial charge in [-0.05, 0) is 77.7 Å². The topological polar surface area (TPSA) is 81.7 Å². The lowest BCUT2D eigenvalue weighted by molar-refractivity contribution is -0.183. The predicted molar refractivity (Wildman–Crippen MR) is 175 cm³/mol. The molecule has 45 heavy (non-hydrogen) atoms. The van der Waals surface area contributed by atoms with Crippen LogP contribution in [0.3, 0.4) is 0 Å². The first-order chi connectivity index (χ1) is 21.9. The number of hydrogen-bond donors (Lipinski definition) is 0. The van der Waals surface area contributed by atoms with Gasteiger partial charge in [0.1, 0.15) is 23.0 Å². The first kappa shape index (κ1) is 31.9. The summed E-state index contributed by atoms with van der Waals surface area (Å²) in [5.74, 6) is 1.95. The third-order valence-electron chi connectivity index (χ3n) is 7.53. The molecule has 1 heterocycles. The van der Waals surface area contributed by atoms with Gasteiger partial charge in [-0.1, -0.05) is 35.9 Å². The number of ether oxygens (including phenoxy) is 7. The van der Waals surface area contributed by atoms with E-state index in [1.807, 2.05) is 66.7 Å². The first-order valence-electron chi connectivity index (χ1n) is 14.3. The van der Waals surface area contributed by atoms with Gasteiger partial charge in [-0.2, -0.15) is 0 Å². The Kier molecular flexibility index (Phi) is 10.3. The van der Waals surface area contributed by atoms with E-state index in [0.717, 1.165) is 45.4 Å². The molecule has 1 aliphatic rings. The minimum absolute atomic E-state index is 0.377. The molecule has 1 fully saturated rings. The van der Waals surface area contributed by atoms with Gasteiger partial charge in [-0.3, -0.25) is 0 Å². The maximum atomic E-state index is 12.2. The molecule has 234 valence electrons. The number of carbonyl (C=O) groups is 1. The molecule has 0 aliphatic carbocycles. The highest BCUT2D eigenvalue weighted by atomic mass is 35.5. The molecule has 0 N–H and O–H groups in total. The van der Waals surface area contributed by atoms with E-state index in [-0.39, 0.29) is 0 Å². The van der Waals surface area contributed by atoms with Gasteiger partial charge in [0.05, 0.1) is 59.3 Å². The molecule has 5 rings (SSSR count). The third kappa shape index (κ3) is 6.93. The SMILES string of the molecule is COC(=O)c1ccc(-c2cc(Cl)c(OC)cc2/C=C/c2ccc(OC)c(-c3cc(C4OCCCO4)ccc3OC)c2)c(OC)c1. The van der Waals surface area contributed by atoms with Gasteiger partial charge in [0, 0.05) is 22.3 Å². The predicted octanol–water partition coefficient (Wildman–Crippen LogP) is 8.10. The zero-order chi connectivity index (χ0) is 31.9. The van der Waals surface area contributed by atoms with Crippen molar-refractivity contribution < 1.29 is 38.0 Å². The second-order valence-corrected chi connectivity index (χ2v) is 10.6. The molecule has 0 saturated carbocycles. The molecule has 0 amide bonds. The monoisotopic (exact) mass is 630 g/mol. The van der Waals surface area contributed by atoms with Crippen molar-refractivity contribution in [2.45, 2.75) is 12.7 Å². The number of hydrogen-bond acceptors (Lipinski definition) is 8. The van der Waals surface area contributed by atoms with Crippen LogP contribution in [0.25, 0.3) is 34.4 Å². The van der Waals surface area contributed by atoms with Gasteiger partial charge < -0.3 is 33.2 Å². The molecule has 0 radical (unpaired) electrons. The van der Waals surface area contributed by atoms with Crippen molar-refractivity contribution in [3.63, 3.8) is 0 Å². The highest BCUT2D eigenvalue weighted by molar-refractivity contribution is 6.32. The molecule has 4 aromatic carbocycles. The van der Waals surface area contributed by atoms with Gasteiger partial charge in [0.25, 0.3) is 0 Å². The normalized spacial score (nSPS) is 13.5. The quantitative estimate of drug-likeness (QED) is 0.128. The van der Waals surface area contributed by atoms with E-state index in [0.29, 0.717) is 46.8 Å². The van der Waals surface area contributed by atoms with Crippen LogP contribution in [0, 0.1) is 0 Å². The fourth-order valence-corrected chi connectivity index (χ4v) is 5.48. The summed E-state index contributed by atoms with van der Waals surface area (Å²) in [7, 11) is 7.74.